The molecule has 0 spiro atoms. The van der Waals surface area contributed by atoms with E-state index < -0.39 is 5.91 Å². The van der Waals surface area contributed by atoms with E-state index >= 15 is 0 Å². The van der Waals surface area contributed by atoms with Gasteiger partial charge < -0.3 is 15.8 Å². The molecule has 1 aromatic heterocycles. The maximum atomic E-state index is 13.0. The third-order valence-electron chi connectivity index (χ3n) is 4.59. The number of halogens is 1. The second-order valence-corrected chi connectivity index (χ2v) is 8.60. The third kappa shape index (κ3) is 4.52. The van der Waals surface area contributed by atoms with Gasteiger partial charge in [0.1, 0.15) is 10.8 Å². The number of nitrogens with two attached hydrogens (primary N) is 1. The number of aryl methyl sites for hydroxylation is 1. The standard InChI is InChI=1S/C20H23BrN2O3S/c1-2-3-10-26-15-9-8-12(21)11-14(15)19(25)23-20-17(18(22)24)13-6-4-5-7-16(13)27-20/h8-9,11H,2-7,10H2,1H3,(H2,22,24)(H,23,25). The van der Waals surface area contributed by atoms with Crippen molar-refractivity contribution in [1.82, 2.24) is 0 Å². The number of hydrogen-bond donors (Lipinski definition) is 2. The number of ether oxygens (including phenoxy) is 1. The van der Waals surface area contributed by atoms with E-state index in [0.717, 1.165) is 53.4 Å². The van der Waals surface area contributed by atoms with E-state index in [2.05, 4.69) is 28.2 Å². The van der Waals surface area contributed by atoms with Crippen molar-refractivity contribution in [3.8, 4) is 5.75 Å². The highest BCUT2D eigenvalue weighted by molar-refractivity contribution is 9.10. The molecule has 3 N–H and O–H groups in total. The van der Waals surface area contributed by atoms with Gasteiger partial charge in [0.2, 0.25) is 0 Å². The Labute approximate surface area is 171 Å². The Morgan fingerprint density at radius 2 is 2.07 bits per heavy atom. The largest absolute Gasteiger partial charge is 0.493 e. The summed E-state index contributed by atoms with van der Waals surface area (Å²) in [6.45, 7) is 2.64. The molecule has 0 saturated heterocycles. The normalized spacial score (nSPS) is 13.1. The van der Waals surface area contributed by atoms with Crippen LogP contribution in [-0.2, 0) is 12.8 Å². The first-order valence-corrected chi connectivity index (χ1v) is 10.8. The van der Waals surface area contributed by atoms with Gasteiger partial charge in [-0.25, -0.2) is 0 Å². The van der Waals surface area contributed by atoms with Crippen LogP contribution >= 0.6 is 27.3 Å². The van der Waals surface area contributed by atoms with Gasteiger partial charge in [-0.1, -0.05) is 29.3 Å². The lowest BCUT2D eigenvalue weighted by Gasteiger charge is -2.12. The second-order valence-electron chi connectivity index (χ2n) is 6.58. The molecule has 7 heteroatoms. The van der Waals surface area contributed by atoms with Gasteiger partial charge in [-0.3, -0.25) is 9.59 Å². The van der Waals surface area contributed by atoms with Gasteiger partial charge in [-0.2, -0.15) is 0 Å². The summed E-state index contributed by atoms with van der Waals surface area (Å²) < 4.78 is 6.57. The van der Waals surface area contributed by atoms with Crippen molar-refractivity contribution >= 4 is 44.1 Å². The number of anilines is 1. The highest BCUT2D eigenvalue weighted by Gasteiger charge is 2.26. The van der Waals surface area contributed by atoms with Crippen LogP contribution in [0, 0.1) is 0 Å². The molecule has 0 radical (unpaired) electrons. The van der Waals surface area contributed by atoms with E-state index in [1.165, 1.54) is 11.3 Å². The number of thiophene rings is 1. The number of primary amides is 1. The van der Waals surface area contributed by atoms with Crippen molar-refractivity contribution < 1.29 is 14.3 Å². The van der Waals surface area contributed by atoms with E-state index in [-0.39, 0.29) is 5.91 Å². The molecule has 0 saturated carbocycles. The molecule has 3 rings (SSSR count). The SMILES string of the molecule is CCCCOc1ccc(Br)cc1C(=O)Nc1sc2c(c1C(N)=O)CCCC2. The molecule has 1 aromatic carbocycles. The van der Waals surface area contributed by atoms with E-state index in [1.807, 2.05) is 6.07 Å². The highest BCUT2D eigenvalue weighted by atomic mass is 79.9. The van der Waals surface area contributed by atoms with Crippen molar-refractivity contribution in [2.24, 2.45) is 5.73 Å². The fourth-order valence-corrected chi connectivity index (χ4v) is 4.87. The molecule has 0 unspecified atom stereocenters. The lowest BCUT2D eigenvalue weighted by atomic mass is 9.95. The van der Waals surface area contributed by atoms with Gasteiger partial charge in [-0.15, -0.1) is 11.3 Å². The summed E-state index contributed by atoms with van der Waals surface area (Å²) >= 11 is 4.87. The van der Waals surface area contributed by atoms with Crippen molar-refractivity contribution in [3.05, 3.63) is 44.2 Å². The number of benzene rings is 1. The minimum Gasteiger partial charge on any atom is -0.493 e. The molecule has 2 aromatic rings. The molecule has 144 valence electrons. The average molecular weight is 451 g/mol. The fraction of sp³-hybridized carbons (Fsp3) is 0.400. The summed E-state index contributed by atoms with van der Waals surface area (Å²) in [5.74, 6) is -0.256. The van der Waals surface area contributed by atoms with E-state index in [1.54, 1.807) is 12.1 Å². The Balaban J connectivity index is 1.89. The van der Waals surface area contributed by atoms with Gasteiger partial charge in [0.25, 0.3) is 11.8 Å². The summed E-state index contributed by atoms with van der Waals surface area (Å²) in [6.07, 6.45) is 5.83. The average Bonchev–Trinajstić information content (AvgIpc) is 3.01. The number of hydrogen-bond acceptors (Lipinski definition) is 4. The minimum atomic E-state index is -0.488. The molecule has 27 heavy (non-hydrogen) atoms. The number of unbranched alkanes of at least 4 members (excludes halogenated alkanes) is 1. The minimum absolute atomic E-state index is 0.302. The van der Waals surface area contributed by atoms with Crippen molar-refractivity contribution in [1.29, 1.82) is 0 Å². The Morgan fingerprint density at radius 3 is 2.81 bits per heavy atom. The summed E-state index contributed by atoms with van der Waals surface area (Å²) in [5.41, 5.74) is 7.52. The Morgan fingerprint density at radius 1 is 1.30 bits per heavy atom. The zero-order valence-electron chi connectivity index (χ0n) is 15.3. The Kier molecular flexibility index (Phi) is 6.55. The first kappa shape index (κ1) is 19.9. The predicted octanol–water partition coefficient (Wildman–Crippen LogP) is 4.92. The smallest absolute Gasteiger partial charge is 0.260 e. The zero-order chi connectivity index (χ0) is 19.4. The molecule has 1 aliphatic carbocycles. The topological polar surface area (TPSA) is 81.4 Å². The molecule has 0 bridgehead atoms. The van der Waals surface area contributed by atoms with Crippen molar-refractivity contribution in [2.45, 2.75) is 45.4 Å². The molecule has 5 nitrogen and oxygen atoms in total. The summed E-state index contributed by atoms with van der Waals surface area (Å²) in [5, 5.41) is 3.44. The number of nitrogens with one attached hydrogen (secondary N) is 1. The van der Waals surface area contributed by atoms with E-state index in [9.17, 15) is 9.59 Å². The van der Waals surface area contributed by atoms with Gasteiger partial charge in [0, 0.05) is 9.35 Å². The summed E-state index contributed by atoms with van der Waals surface area (Å²) in [7, 11) is 0. The van der Waals surface area contributed by atoms with Crippen LogP contribution in [0.5, 0.6) is 5.75 Å². The molecule has 0 fully saturated rings. The quantitative estimate of drug-likeness (QED) is 0.587. The molecule has 2 amide bonds. The van der Waals surface area contributed by atoms with Crippen LogP contribution in [0.3, 0.4) is 0 Å². The van der Waals surface area contributed by atoms with Crippen LogP contribution in [-0.4, -0.2) is 18.4 Å². The molecule has 0 atom stereocenters. The van der Waals surface area contributed by atoms with Crippen LogP contribution in [0.15, 0.2) is 22.7 Å². The Bertz CT molecular complexity index is 863. The van der Waals surface area contributed by atoms with Gasteiger partial charge in [0.15, 0.2) is 0 Å². The first-order chi connectivity index (χ1) is 13.0. The predicted molar refractivity (Wildman–Crippen MR) is 112 cm³/mol. The maximum Gasteiger partial charge on any atom is 0.260 e. The first-order valence-electron chi connectivity index (χ1n) is 9.19. The maximum absolute atomic E-state index is 13.0. The van der Waals surface area contributed by atoms with Crippen LogP contribution in [0.2, 0.25) is 0 Å². The number of carbonyl (C=O) groups is 2. The number of rotatable bonds is 7. The monoisotopic (exact) mass is 450 g/mol. The molecule has 1 aliphatic rings. The van der Waals surface area contributed by atoms with Crippen molar-refractivity contribution in [3.63, 3.8) is 0 Å². The van der Waals surface area contributed by atoms with Crippen LogP contribution < -0.4 is 15.8 Å². The van der Waals surface area contributed by atoms with Gasteiger partial charge >= 0.3 is 0 Å². The lowest BCUT2D eigenvalue weighted by molar-refractivity contribution is 0.100. The lowest BCUT2D eigenvalue weighted by Crippen LogP contribution is -2.19. The Hall–Kier alpha value is -1.86. The van der Waals surface area contributed by atoms with Crippen LogP contribution in [0.4, 0.5) is 5.00 Å². The highest BCUT2D eigenvalue weighted by Crippen LogP contribution is 2.38. The zero-order valence-corrected chi connectivity index (χ0v) is 17.7. The van der Waals surface area contributed by atoms with E-state index in [4.69, 9.17) is 10.5 Å². The summed E-state index contributed by atoms with van der Waals surface area (Å²) in [4.78, 5) is 26.1. The molecule has 0 aliphatic heterocycles. The fourth-order valence-electron chi connectivity index (χ4n) is 3.22. The van der Waals surface area contributed by atoms with Gasteiger partial charge in [-0.05, 0) is 55.9 Å². The number of amides is 2. The number of carbonyl (C=O) groups excluding carboxylic acids is 2. The third-order valence-corrected chi connectivity index (χ3v) is 6.29. The van der Waals surface area contributed by atoms with E-state index in [0.29, 0.717) is 28.5 Å². The molecular formula is C20H23BrN2O3S. The molecule has 1 heterocycles. The number of fused-ring (bicyclic) bond motifs is 1. The van der Waals surface area contributed by atoms with Crippen LogP contribution in [0.1, 0.15) is 63.8 Å². The van der Waals surface area contributed by atoms with Gasteiger partial charge in [0.05, 0.1) is 17.7 Å². The van der Waals surface area contributed by atoms with Crippen molar-refractivity contribution in [2.75, 3.05) is 11.9 Å². The second kappa shape index (κ2) is 8.89. The molecular weight excluding hydrogens is 428 g/mol. The summed E-state index contributed by atoms with van der Waals surface area (Å²) in [6, 6.07) is 5.36. The van der Waals surface area contributed by atoms with Crippen LogP contribution in [0.25, 0.3) is 0 Å².